The van der Waals surface area contributed by atoms with Crippen molar-refractivity contribution < 1.29 is 14.2 Å². The van der Waals surface area contributed by atoms with Gasteiger partial charge in [-0.05, 0) is 42.8 Å². The van der Waals surface area contributed by atoms with Crippen molar-refractivity contribution in [2.45, 2.75) is 6.42 Å². The maximum absolute atomic E-state index is 10.0. The second kappa shape index (κ2) is 10.6. The molecule has 166 valence electrons. The zero-order valence-electron chi connectivity index (χ0n) is 17.9. The minimum absolute atomic E-state index is 0.338. The summed E-state index contributed by atoms with van der Waals surface area (Å²) < 4.78 is 17.7. The fourth-order valence-electron chi connectivity index (χ4n) is 3.68. The van der Waals surface area contributed by atoms with E-state index in [2.05, 4.69) is 37.2 Å². The molecule has 32 heavy (non-hydrogen) atoms. The largest absolute Gasteiger partial charge is 0.497 e. The van der Waals surface area contributed by atoms with E-state index in [1.807, 2.05) is 42.5 Å². The van der Waals surface area contributed by atoms with Crippen molar-refractivity contribution in [3.05, 3.63) is 52.5 Å². The molecule has 8 heteroatoms. The first-order valence-corrected chi connectivity index (χ1v) is 11.3. The number of halogens is 1. The van der Waals surface area contributed by atoms with E-state index in [1.54, 1.807) is 7.11 Å². The van der Waals surface area contributed by atoms with E-state index in [-0.39, 0.29) is 0 Å². The second-order valence-corrected chi connectivity index (χ2v) is 8.37. The van der Waals surface area contributed by atoms with E-state index >= 15 is 0 Å². The summed E-state index contributed by atoms with van der Waals surface area (Å²) in [6.07, 6.45) is 0.849. The Hall–Kier alpha value is -2.86. The Bertz CT molecular complexity index is 1130. The Balaban J connectivity index is 1.62. The van der Waals surface area contributed by atoms with Gasteiger partial charge >= 0.3 is 0 Å². The van der Waals surface area contributed by atoms with Crippen LogP contribution in [0.1, 0.15) is 12.0 Å². The number of morpholine rings is 1. The number of nitriles is 1. The molecule has 4 rings (SSSR count). The number of fused-ring (bicyclic) bond motifs is 1. The molecule has 0 bridgehead atoms. The van der Waals surface area contributed by atoms with Gasteiger partial charge in [0, 0.05) is 35.2 Å². The lowest BCUT2D eigenvalue weighted by Gasteiger charge is -2.26. The number of hydrogen-bond donors (Lipinski definition) is 1. The Morgan fingerprint density at radius 3 is 2.81 bits per heavy atom. The molecule has 0 radical (unpaired) electrons. The molecule has 2 aromatic carbocycles. The highest BCUT2D eigenvalue weighted by Crippen LogP contribution is 2.36. The number of methoxy groups -OCH3 is 1. The number of aromatic nitrogens is 1. The highest BCUT2D eigenvalue weighted by molar-refractivity contribution is 9.10. The predicted octanol–water partition coefficient (Wildman–Crippen LogP) is 4.72. The molecule has 1 N–H and O–H groups in total. The lowest BCUT2D eigenvalue weighted by atomic mass is 10.1. The molecule has 2 heterocycles. The molecule has 7 nitrogen and oxygen atoms in total. The fourth-order valence-corrected chi connectivity index (χ4v) is 4.08. The molecule has 1 fully saturated rings. The highest BCUT2D eigenvalue weighted by Gasteiger charge is 2.18. The summed E-state index contributed by atoms with van der Waals surface area (Å²) in [7, 11) is 1.62. The van der Waals surface area contributed by atoms with Gasteiger partial charge in [0.15, 0.2) is 0 Å². The summed E-state index contributed by atoms with van der Waals surface area (Å²) in [5, 5.41) is 14.2. The zero-order chi connectivity index (χ0) is 22.3. The van der Waals surface area contributed by atoms with Crippen molar-refractivity contribution in [2.24, 2.45) is 0 Å². The lowest BCUT2D eigenvalue weighted by molar-refractivity contribution is 0.0357. The molecule has 1 saturated heterocycles. The van der Waals surface area contributed by atoms with E-state index in [9.17, 15) is 5.26 Å². The molecule has 1 aliphatic rings. The number of pyridine rings is 1. The lowest BCUT2D eigenvalue weighted by Crippen LogP contribution is -2.37. The van der Waals surface area contributed by atoms with E-state index in [0.717, 1.165) is 60.3 Å². The van der Waals surface area contributed by atoms with Gasteiger partial charge in [0.2, 0.25) is 5.88 Å². The van der Waals surface area contributed by atoms with Crippen molar-refractivity contribution in [2.75, 3.05) is 51.9 Å². The van der Waals surface area contributed by atoms with Gasteiger partial charge in [0.05, 0.1) is 38.1 Å². The third-order valence-electron chi connectivity index (χ3n) is 5.33. The fraction of sp³-hybridized carbons (Fsp3) is 0.333. The minimum atomic E-state index is 0.338. The maximum Gasteiger partial charge on any atom is 0.234 e. The summed E-state index contributed by atoms with van der Waals surface area (Å²) in [4.78, 5) is 7.00. The topological polar surface area (TPSA) is 79.6 Å². The van der Waals surface area contributed by atoms with Crippen LogP contribution >= 0.6 is 15.9 Å². The van der Waals surface area contributed by atoms with Gasteiger partial charge in [-0.15, -0.1) is 0 Å². The maximum atomic E-state index is 10.0. The molecule has 0 spiro atoms. The Labute approximate surface area is 196 Å². The summed E-state index contributed by atoms with van der Waals surface area (Å²) in [6.45, 7) is 4.86. The van der Waals surface area contributed by atoms with Crippen LogP contribution < -0.4 is 14.8 Å². The third-order valence-corrected chi connectivity index (χ3v) is 5.82. The SMILES string of the molecule is COc1ccc2nc(OCCCN3CCOCC3)c(C#N)c(Nc3cccc(Br)c3)c2c1. The standard InChI is InChI=1S/C24H25BrN4O3/c1-30-19-6-7-22-20(15-19)23(27-18-5-2-4-17(25)14-18)21(16-26)24(28-22)32-11-3-8-29-9-12-31-13-10-29/h2,4-7,14-15H,3,8-13H2,1H3,(H,27,28). The summed E-state index contributed by atoms with van der Waals surface area (Å²) in [6, 6.07) is 15.7. The smallest absolute Gasteiger partial charge is 0.234 e. The number of rotatable bonds is 8. The molecule has 1 aliphatic heterocycles. The van der Waals surface area contributed by atoms with Crippen LogP contribution in [-0.2, 0) is 4.74 Å². The number of ether oxygens (including phenoxy) is 3. The van der Waals surface area contributed by atoms with Crippen LogP contribution in [0.25, 0.3) is 10.9 Å². The first-order valence-electron chi connectivity index (χ1n) is 10.6. The van der Waals surface area contributed by atoms with E-state index in [0.29, 0.717) is 29.5 Å². The minimum Gasteiger partial charge on any atom is -0.497 e. The van der Waals surface area contributed by atoms with Gasteiger partial charge in [0.25, 0.3) is 0 Å². The summed E-state index contributed by atoms with van der Waals surface area (Å²) in [5.41, 5.74) is 2.60. The monoisotopic (exact) mass is 496 g/mol. The van der Waals surface area contributed by atoms with E-state index in [4.69, 9.17) is 14.2 Å². The Morgan fingerprint density at radius 2 is 2.06 bits per heavy atom. The van der Waals surface area contributed by atoms with Crippen LogP contribution in [0.15, 0.2) is 46.9 Å². The summed E-state index contributed by atoms with van der Waals surface area (Å²) in [5.74, 6) is 1.03. The summed E-state index contributed by atoms with van der Waals surface area (Å²) >= 11 is 3.50. The first kappa shape index (κ1) is 22.3. The normalized spacial score (nSPS) is 14.2. The van der Waals surface area contributed by atoms with Gasteiger partial charge in [-0.1, -0.05) is 22.0 Å². The van der Waals surface area contributed by atoms with Gasteiger partial charge in [-0.3, -0.25) is 4.90 Å². The van der Waals surface area contributed by atoms with Gasteiger partial charge in [-0.25, -0.2) is 4.98 Å². The Kier molecular flexibility index (Phi) is 7.43. The number of nitrogens with zero attached hydrogens (tertiary/aromatic N) is 3. The number of anilines is 2. The molecule has 0 aliphatic carbocycles. The average Bonchev–Trinajstić information content (AvgIpc) is 2.82. The number of nitrogens with one attached hydrogen (secondary N) is 1. The van der Waals surface area contributed by atoms with Crippen molar-refractivity contribution in [1.29, 1.82) is 5.26 Å². The molecule has 1 aromatic heterocycles. The second-order valence-electron chi connectivity index (χ2n) is 7.45. The van der Waals surface area contributed by atoms with Crippen molar-refractivity contribution in [3.8, 4) is 17.7 Å². The molecular weight excluding hydrogens is 472 g/mol. The van der Waals surface area contributed by atoms with Gasteiger partial charge < -0.3 is 19.5 Å². The molecule has 0 amide bonds. The van der Waals surface area contributed by atoms with E-state index < -0.39 is 0 Å². The molecule has 3 aromatic rings. The van der Waals surface area contributed by atoms with Crippen molar-refractivity contribution in [1.82, 2.24) is 9.88 Å². The molecule has 0 saturated carbocycles. The van der Waals surface area contributed by atoms with Crippen LogP contribution in [0.3, 0.4) is 0 Å². The van der Waals surface area contributed by atoms with Crippen LogP contribution in [0, 0.1) is 11.3 Å². The zero-order valence-corrected chi connectivity index (χ0v) is 19.5. The Morgan fingerprint density at radius 1 is 1.22 bits per heavy atom. The van der Waals surface area contributed by atoms with Crippen LogP contribution in [-0.4, -0.2) is 56.4 Å². The number of hydrogen-bond acceptors (Lipinski definition) is 7. The van der Waals surface area contributed by atoms with Crippen molar-refractivity contribution >= 4 is 38.2 Å². The predicted molar refractivity (Wildman–Crippen MR) is 128 cm³/mol. The quantitative estimate of drug-likeness (QED) is 0.451. The third kappa shape index (κ3) is 5.30. The van der Waals surface area contributed by atoms with Gasteiger partial charge in [-0.2, -0.15) is 5.26 Å². The van der Waals surface area contributed by atoms with Crippen LogP contribution in [0.5, 0.6) is 11.6 Å². The average molecular weight is 497 g/mol. The first-order chi connectivity index (χ1) is 15.7. The van der Waals surface area contributed by atoms with Crippen LogP contribution in [0.4, 0.5) is 11.4 Å². The van der Waals surface area contributed by atoms with Gasteiger partial charge in [0.1, 0.15) is 17.4 Å². The molecule has 0 atom stereocenters. The van der Waals surface area contributed by atoms with Crippen LogP contribution in [0.2, 0.25) is 0 Å². The molecular formula is C24H25BrN4O3. The van der Waals surface area contributed by atoms with E-state index in [1.165, 1.54) is 0 Å². The number of benzene rings is 2. The molecule has 0 unspecified atom stereocenters. The highest BCUT2D eigenvalue weighted by atomic mass is 79.9. The van der Waals surface area contributed by atoms with Crippen molar-refractivity contribution in [3.63, 3.8) is 0 Å².